The van der Waals surface area contributed by atoms with E-state index in [1.807, 2.05) is 6.92 Å². The Morgan fingerprint density at radius 1 is 1.44 bits per heavy atom. The Balaban J connectivity index is 1.95. The summed E-state index contributed by atoms with van der Waals surface area (Å²) in [4.78, 5) is 29.4. The van der Waals surface area contributed by atoms with Gasteiger partial charge in [-0.05, 0) is 25.0 Å². The molecular formula is C17H20N4O5S. The van der Waals surface area contributed by atoms with E-state index in [0.29, 0.717) is 25.1 Å². The molecule has 1 aromatic carbocycles. The van der Waals surface area contributed by atoms with Gasteiger partial charge in [0.2, 0.25) is 0 Å². The van der Waals surface area contributed by atoms with Gasteiger partial charge in [0.25, 0.3) is 11.6 Å². The van der Waals surface area contributed by atoms with Crippen LogP contribution in [0.5, 0.6) is 0 Å². The molecule has 1 amide bonds. The summed E-state index contributed by atoms with van der Waals surface area (Å²) in [6, 6.07) is 3.87. The minimum Gasteiger partial charge on any atom is -0.335 e. The fourth-order valence-corrected chi connectivity index (χ4v) is 5.03. The van der Waals surface area contributed by atoms with Crippen LogP contribution >= 0.6 is 0 Å². The quantitative estimate of drug-likeness (QED) is 0.547. The largest absolute Gasteiger partial charge is 0.335 e. The molecule has 0 saturated carbocycles. The summed E-state index contributed by atoms with van der Waals surface area (Å²) >= 11 is 0. The minimum absolute atomic E-state index is 0.0604. The van der Waals surface area contributed by atoms with Crippen molar-refractivity contribution in [2.75, 3.05) is 18.1 Å². The van der Waals surface area contributed by atoms with Crippen molar-refractivity contribution in [2.45, 2.75) is 25.8 Å². The van der Waals surface area contributed by atoms with Crippen LogP contribution in [0.3, 0.4) is 0 Å². The summed E-state index contributed by atoms with van der Waals surface area (Å²) < 4.78 is 25.1. The number of nitrogens with zero attached hydrogens (tertiary/aromatic N) is 4. The molecule has 2 aromatic rings. The lowest BCUT2D eigenvalue weighted by Crippen LogP contribution is -2.41. The molecule has 2 heterocycles. The van der Waals surface area contributed by atoms with Gasteiger partial charge in [0.05, 0.1) is 22.8 Å². The van der Waals surface area contributed by atoms with Crippen LogP contribution in [0.1, 0.15) is 30.1 Å². The Morgan fingerprint density at radius 3 is 2.78 bits per heavy atom. The van der Waals surface area contributed by atoms with E-state index in [1.165, 1.54) is 40.2 Å². The minimum atomic E-state index is -3.14. The van der Waals surface area contributed by atoms with Crippen molar-refractivity contribution in [1.29, 1.82) is 0 Å². The van der Waals surface area contributed by atoms with Crippen LogP contribution in [0.4, 0.5) is 5.69 Å². The highest BCUT2D eigenvalue weighted by Gasteiger charge is 2.35. The number of nitro groups is 1. The molecule has 1 saturated heterocycles. The van der Waals surface area contributed by atoms with Crippen molar-refractivity contribution in [2.24, 2.45) is 0 Å². The van der Waals surface area contributed by atoms with Crippen molar-refractivity contribution >= 4 is 21.4 Å². The Labute approximate surface area is 156 Å². The Hall–Kier alpha value is -2.75. The Bertz CT molecular complexity index is 956. The second-order valence-electron chi connectivity index (χ2n) is 6.49. The molecule has 1 aromatic heterocycles. The molecule has 1 unspecified atom stereocenters. The Morgan fingerprint density at radius 2 is 2.22 bits per heavy atom. The molecule has 1 aliphatic heterocycles. The molecular weight excluding hydrogens is 372 g/mol. The molecule has 9 nitrogen and oxygen atoms in total. The first-order valence-electron chi connectivity index (χ1n) is 8.60. The number of hydrogen-bond donors (Lipinski definition) is 0. The summed E-state index contributed by atoms with van der Waals surface area (Å²) in [6.07, 6.45) is 5.58. The van der Waals surface area contributed by atoms with Gasteiger partial charge < -0.3 is 9.47 Å². The highest BCUT2D eigenvalue weighted by Crippen LogP contribution is 2.26. The second-order valence-corrected chi connectivity index (χ2v) is 8.71. The number of imidazole rings is 1. The zero-order valence-corrected chi connectivity index (χ0v) is 15.6. The van der Waals surface area contributed by atoms with Crippen LogP contribution in [-0.4, -0.2) is 57.8 Å². The number of hydrogen-bond acceptors (Lipinski definition) is 6. The van der Waals surface area contributed by atoms with Gasteiger partial charge in [-0.3, -0.25) is 14.9 Å². The van der Waals surface area contributed by atoms with Crippen molar-refractivity contribution in [3.63, 3.8) is 0 Å². The number of carbonyl (C=O) groups excluding carboxylic acids is 1. The highest BCUT2D eigenvalue weighted by atomic mass is 32.2. The van der Waals surface area contributed by atoms with Gasteiger partial charge in [0.1, 0.15) is 5.69 Å². The number of nitro benzene ring substituents is 1. The maximum absolute atomic E-state index is 13.0. The standard InChI is InChI=1S/C17H20N4O5S/c1-2-7-20(14-5-9-27(25,26)11-14)17(22)13-3-4-15(16(10-13)21(23)24)19-8-6-18-12-19/h3-4,6,8,10,12,14H,2,5,7,9,11H2,1H3. The van der Waals surface area contributed by atoms with Gasteiger partial charge in [-0.2, -0.15) is 0 Å². The van der Waals surface area contributed by atoms with Gasteiger partial charge in [0, 0.05) is 36.6 Å². The lowest BCUT2D eigenvalue weighted by Gasteiger charge is -2.28. The van der Waals surface area contributed by atoms with Gasteiger partial charge in [-0.15, -0.1) is 0 Å². The molecule has 0 radical (unpaired) electrons. The second kappa shape index (κ2) is 7.47. The van der Waals surface area contributed by atoms with Crippen LogP contribution in [0.2, 0.25) is 0 Å². The summed E-state index contributed by atoms with van der Waals surface area (Å²) in [5, 5.41) is 11.5. The summed E-state index contributed by atoms with van der Waals surface area (Å²) in [6.45, 7) is 2.30. The van der Waals surface area contributed by atoms with E-state index in [-0.39, 0.29) is 28.7 Å². The third-order valence-electron chi connectivity index (χ3n) is 4.58. The Kier molecular flexibility index (Phi) is 5.26. The number of amides is 1. The van der Waals surface area contributed by atoms with E-state index < -0.39 is 20.8 Å². The first-order chi connectivity index (χ1) is 12.8. The number of aromatic nitrogens is 2. The molecule has 1 atom stereocenters. The van der Waals surface area contributed by atoms with E-state index in [9.17, 15) is 23.3 Å². The van der Waals surface area contributed by atoms with E-state index in [2.05, 4.69) is 4.98 Å². The fraction of sp³-hybridized carbons (Fsp3) is 0.412. The predicted molar refractivity (Wildman–Crippen MR) is 98.6 cm³/mol. The topological polar surface area (TPSA) is 115 Å². The summed E-state index contributed by atoms with van der Waals surface area (Å²) in [7, 11) is -3.14. The third-order valence-corrected chi connectivity index (χ3v) is 6.33. The van der Waals surface area contributed by atoms with E-state index in [1.54, 1.807) is 6.20 Å². The number of carbonyl (C=O) groups is 1. The number of rotatable bonds is 6. The lowest BCUT2D eigenvalue weighted by molar-refractivity contribution is -0.384. The number of sulfone groups is 1. The van der Waals surface area contributed by atoms with Crippen LogP contribution in [-0.2, 0) is 9.84 Å². The smallest absolute Gasteiger partial charge is 0.294 e. The van der Waals surface area contributed by atoms with Crippen LogP contribution in [0.15, 0.2) is 36.9 Å². The first-order valence-corrected chi connectivity index (χ1v) is 10.4. The SMILES string of the molecule is CCCN(C(=O)c1ccc(-n2ccnc2)c([N+](=O)[O-])c1)C1CCS(=O)(=O)C1. The maximum atomic E-state index is 13.0. The van der Waals surface area contributed by atoms with Gasteiger partial charge in [-0.25, -0.2) is 13.4 Å². The molecule has 0 spiro atoms. The van der Waals surface area contributed by atoms with E-state index >= 15 is 0 Å². The first kappa shape index (κ1) is 19.0. The normalized spacial score (nSPS) is 18.3. The molecule has 1 aliphatic rings. The monoisotopic (exact) mass is 392 g/mol. The van der Waals surface area contributed by atoms with Crippen molar-refractivity contribution in [3.05, 3.63) is 52.6 Å². The van der Waals surface area contributed by atoms with Gasteiger partial charge in [0.15, 0.2) is 9.84 Å². The molecule has 1 fully saturated rings. The molecule has 10 heteroatoms. The summed E-state index contributed by atoms with van der Waals surface area (Å²) in [5.41, 5.74) is 0.261. The van der Waals surface area contributed by atoms with Crippen LogP contribution in [0, 0.1) is 10.1 Å². The fourth-order valence-electron chi connectivity index (χ4n) is 3.30. The van der Waals surface area contributed by atoms with Gasteiger partial charge in [-0.1, -0.05) is 6.92 Å². The predicted octanol–water partition coefficient (Wildman–Crippen LogP) is 1.82. The highest BCUT2D eigenvalue weighted by molar-refractivity contribution is 7.91. The van der Waals surface area contributed by atoms with Crippen molar-refractivity contribution < 1.29 is 18.1 Å². The maximum Gasteiger partial charge on any atom is 0.294 e. The lowest BCUT2D eigenvalue weighted by atomic mass is 10.1. The molecule has 0 aliphatic carbocycles. The molecule has 144 valence electrons. The zero-order chi connectivity index (χ0) is 19.6. The summed E-state index contributed by atoms with van der Waals surface area (Å²) in [5.74, 6) is -0.391. The molecule has 27 heavy (non-hydrogen) atoms. The molecule has 0 N–H and O–H groups in total. The number of benzene rings is 1. The average molecular weight is 392 g/mol. The van der Waals surface area contributed by atoms with Crippen LogP contribution in [0.25, 0.3) is 5.69 Å². The average Bonchev–Trinajstić information content (AvgIpc) is 3.28. The molecule has 0 bridgehead atoms. The van der Waals surface area contributed by atoms with Gasteiger partial charge >= 0.3 is 0 Å². The zero-order valence-electron chi connectivity index (χ0n) is 14.8. The van der Waals surface area contributed by atoms with Crippen LogP contribution < -0.4 is 0 Å². The van der Waals surface area contributed by atoms with Crippen molar-refractivity contribution in [1.82, 2.24) is 14.5 Å². The molecule has 3 rings (SSSR count). The van der Waals surface area contributed by atoms with E-state index in [0.717, 1.165) is 0 Å². The van der Waals surface area contributed by atoms with E-state index in [4.69, 9.17) is 0 Å². The van der Waals surface area contributed by atoms with Crippen molar-refractivity contribution in [3.8, 4) is 5.69 Å². The third kappa shape index (κ3) is 4.00.